The maximum Gasteiger partial charge on any atom is 0.410 e. The van der Waals surface area contributed by atoms with Crippen LogP contribution in [0.4, 0.5) is 4.79 Å². The van der Waals surface area contributed by atoms with Crippen molar-refractivity contribution in [3.8, 4) is 16.9 Å². The highest BCUT2D eigenvalue weighted by molar-refractivity contribution is 5.80. The standard InChI is InChI=1S/C35H44N2O3/c1-24-16-25(2)19-28(18-24)11-12-29-22-36-23-32(30-20-26(3)17-27(4)21-30)33(29)39-15-13-31-10-8-9-14-37(31)34(38)40-35(5,6)7/h11-12,16-23,31H,8-10,13-15H2,1-7H3/b12-11+. The summed E-state index contributed by atoms with van der Waals surface area (Å²) in [6, 6.07) is 13.2. The van der Waals surface area contributed by atoms with E-state index in [1.54, 1.807) is 0 Å². The summed E-state index contributed by atoms with van der Waals surface area (Å²) in [4.78, 5) is 19.4. The van der Waals surface area contributed by atoms with E-state index in [0.29, 0.717) is 6.61 Å². The van der Waals surface area contributed by atoms with Crippen LogP contribution in [0.15, 0.2) is 48.8 Å². The molecule has 1 atom stereocenters. The first-order valence-corrected chi connectivity index (χ1v) is 14.4. The number of carbonyl (C=O) groups excluding carboxylic acids is 1. The second-order valence-corrected chi connectivity index (χ2v) is 12.2. The van der Waals surface area contributed by atoms with E-state index in [0.717, 1.165) is 60.2 Å². The number of hydrogen-bond donors (Lipinski definition) is 0. The van der Waals surface area contributed by atoms with Crippen LogP contribution in [-0.4, -0.2) is 40.8 Å². The first-order chi connectivity index (χ1) is 19.0. The average molecular weight is 541 g/mol. The number of hydrogen-bond acceptors (Lipinski definition) is 4. The molecule has 1 fully saturated rings. The van der Waals surface area contributed by atoms with Gasteiger partial charge in [-0.15, -0.1) is 0 Å². The molecule has 0 radical (unpaired) electrons. The molecule has 2 heterocycles. The van der Waals surface area contributed by atoms with Crippen molar-refractivity contribution in [2.45, 2.75) is 85.8 Å². The molecule has 1 aliphatic rings. The molecule has 0 spiro atoms. The van der Waals surface area contributed by atoms with Crippen LogP contribution in [0.3, 0.4) is 0 Å². The molecule has 4 rings (SSSR count). The number of likely N-dealkylation sites (tertiary alicyclic amines) is 1. The molecule has 0 aliphatic carbocycles. The molecule has 1 aromatic heterocycles. The highest BCUT2D eigenvalue weighted by atomic mass is 16.6. The summed E-state index contributed by atoms with van der Waals surface area (Å²) in [5.74, 6) is 0.820. The summed E-state index contributed by atoms with van der Waals surface area (Å²) in [7, 11) is 0. The topological polar surface area (TPSA) is 51.7 Å². The second kappa shape index (κ2) is 12.7. The van der Waals surface area contributed by atoms with E-state index < -0.39 is 5.60 Å². The van der Waals surface area contributed by atoms with Gasteiger partial charge in [-0.3, -0.25) is 4.98 Å². The third-order valence-electron chi connectivity index (χ3n) is 7.11. The van der Waals surface area contributed by atoms with Gasteiger partial charge in [-0.2, -0.15) is 0 Å². The molecule has 1 unspecified atom stereocenters. The van der Waals surface area contributed by atoms with E-state index in [1.807, 2.05) is 38.1 Å². The summed E-state index contributed by atoms with van der Waals surface area (Å²) in [5, 5.41) is 0. The molecule has 2 aromatic carbocycles. The molecular formula is C35H44N2O3. The Morgan fingerprint density at radius 3 is 2.23 bits per heavy atom. The minimum atomic E-state index is -0.509. The lowest BCUT2D eigenvalue weighted by molar-refractivity contribution is 0.00743. The molecule has 212 valence electrons. The number of pyridine rings is 1. The number of nitrogens with zero attached hydrogens (tertiary/aromatic N) is 2. The van der Waals surface area contributed by atoms with Gasteiger partial charge in [0.05, 0.1) is 6.61 Å². The van der Waals surface area contributed by atoms with E-state index in [1.165, 1.54) is 22.3 Å². The highest BCUT2D eigenvalue weighted by Crippen LogP contribution is 2.35. The average Bonchev–Trinajstić information content (AvgIpc) is 2.86. The van der Waals surface area contributed by atoms with Crippen LogP contribution in [0.25, 0.3) is 23.3 Å². The lowest BCUT2D eigenvalue weighted by Gasteiger charge is -2.36. The SMILES string of the molecule is Cc1cc(C)cc(/C=C/c2cncc(-c3cc(C)cc(C)c3)c2OCCC2CCCCN2C(=O)OC(C)(C)C)c1. The number of aromatic nitrogens is 1. The molecule has 5 nitrogen and oxygen atoms in total. The van der Waals surface area contributed by atoms with Crippen molar-refractivity contribution in [3.63, 3.8) is 0 Å². The number of piperidine rings is 1. The molecule has 0 bridgehead atoms. The van der Waals surface area contributed by atoms with Crippen LogP contribution in [0.5, 0.6) is 5.75 Å². The summed E-state index contributed by atoms with van der Waals surface area (Å²) >= 11 is 0. The van der Waals surface area contributed by atoms with Gasteiger partial charge < -0.3 is 14.4 Å². The summed E-state index contributed by atoms with van der Waals surface area (Å²) in [5.41, 5.74) is 8.51. The lowest BCUT2D eigenvalue weighted by atomic mass is 9.99. The van der Waals surface area contributed by atoms with Crippen LogP contribution < -0.4 is 4.74 Å². The van der Waals surface area contributed by atoms with Crippen molar-refractivity contribution in [2.75, 3.05) is 13.2 Å². The van der Waals surface area contributed by atoms with Gasteiger partial charge >= 0.3 is 6.09 Å². The monoisotopic (exact) mass is 540 g/mol. The van der Waals surface area contributed by atoms with Crippen molar-refractivity contribution >= 4 is 18.2 Å². The Morgan fingerprint density at radius 2 is 1.57 bits per heavy atom. The maximum atomic E-state index is 12.9. The highest BCUT2D eigenvalue weighted by Gasteiger charge is 2.30. The minimum absolute atomic E-state index is 0.101. The van der Waals surface area contributed by atoms with Gasteiger partial charge in [0.1, 0.15) is 11.4 Å². The molecule has 0 saturated carbocycles. The van der Waals surface area contributed by atoms with Gasteiger partial charge in [-0.1, -0.05) is 64.7 Å². The number of aryl methyl sites for hydroxylation is 4. The minimum Gasteiger partial charge on any atom is -0.492 e. The van der Waals surface area contributed by atoms with Crippen LogP contribution in [0, 0.1) is 27.7 Å². The number of benzene rings is 2. The predicted molar refractivity (Wildman–Crippen MR) is 165 cm³/mol. The fourth-order valence-electron chi connectivity index (χ4n) is 5.53. The van der Waals surface area contributed by atoms with Gasteiger partial charge in [0, 0.05) is 42.5 Å². The lowest BCUT2D eigenvalue weighted by Crippen LogP contribution is -2.46. The van der Waals surface area contributed by atoms with Crippen molar-refractivity contribution in [1.82, 2.24) is 9.88 Å². The summed E-state index contributed by atoms with van der Waals surface area (Å²) in [6.45, 7) is 15.4. The summed E-state index contributed by atoms with van der Waals surface area (Å²) < 4.78 is 12.3. The molecular weight excluding hydrogens is 496 g/mol. The van der Waals surface area contributed by atoms with Crippen molar-refractivity contribution in [1.29, 1.82) is 0 Å². The van der Waals surface area contributed by atoms with E-state index >= 15 is 0 Å². The zero-order valence-electron chi connectivity index (χ0n) is 25.2. The number of ether oxygens (including phenoxy) is 2. The Balaban J connectivity index is 1.61. The van der Waals surface area contributed by atoms with Gasteiger partial charge in [-0.05, 0) is 84.9 Å². The van der Waals surface area contributed by atoms with E-state index in [2.05, 4.69) is 81.2 Å². The van der Waals surface area contributed by atoms with Crippen LogP contribution in [-0.2, 0) is 4.74 Å². The fourth-order valence-corrected chi connectivity index (χ4v) is 5.53. The predicted octanol–water partition coefficient (Wildman–Crippen LogP) is 8.71. The van der Waals surface area contributed by atoms with Gasteiger partial charge in [0.15, 0.2) is 0 Å². The van der Waals surface area contributed by atoms with Crippen molar-refractivity contribution < 1.29 is 14.3 Å². The number of amides is 1. The molecule has 1 aliphatic heterocycles. The van der Waals surface area contributed by atoms with Gasteiger partial charge in [0.2, 0.25) is 0 Å². The zero-order valence-corrected chi connectivity index (χ0v) is 25.2. The maximum absolute atomic E-state index is 12.9. The molecule has 1 saturated heterocycles. The Morgan fingerprint density at radius 1 is 0.925 bits per heavy atom. The zero-order chi connectivity index (χ0) is 28.9. The smallest absolute Gasteiger partial charge is 0.410 e. The fraction of sp³-hybridized carbons (Fsp3) is 0.429. The Labute approximate surface area is 240 Å². The molecule has 5 heteroatoms. The Kier molecular flexibility index (Phi) is 9.34. The first-order valence-electron chi connectivity index (χ1n) is 14.4. The number of carbonyl (C=O) groups is 1. The van der Waals surface area contributed by atoms with E-state index in [9.17, 15) is 4.79 Å². The molecule has 1 amide bonds. The molecule has 3 aromatic rings. The van der Waals surface area contributed by atoms with E-state index in [4.69, 9.17) is 9.47 Å². The second-order valence-electron chi connectivity index (χ2n) is 12.2. The first kappa shape index (κ1) is 29.4. The quantitative estimate of drug-likeness (QED) is 0.301. The van der Waals surface area contributed by atoms with Crippen molar-refractivity contribution in [2.24, 2.45) is 0 Å². The van der Waals surface area contributed by atoms with E-state index in [-0.39, 0.29) is 12.1 Å². The van der Waals surface area contributed by atoms with Crippen molar-refractivity contribution in [3.05, 3.63) is 82.2 Å². The van der Waals surface area contributed by atoms with Gasteiger partial charge in [-0.25, -0.2) is 4.79 Å². The van der Waals surface area contributed by atoms with Gasteiger partial charge in [0.25, 0.3) is 0 Å². The Bertz CT molecular complexity index is 1330. The molecule has 0 N–H and O–H groups in total. The summed E-state index contributed by atoms with van der Waals surface area (Å²) in [6.07, 6.45) is 11.6. The van der Waals surface area contributed by atoms with Crippen LogP contribution in [0.2, 0.25) is 0 Å². The third kappa shape index (κ3) is 7.97. The normalized spacial score (nSPS) is 15.9. The number of rotatable bonds is 7. The third-order valence-corrected chi connectivity index (χ3v) is 7.11. The molecule has 40 heavy (non-hydrogen) atoms. The Hall–Kier alpha value is -3.60. The van der Waals surface area contributed by atoms with Crippen LogP contribution in [0.1, 0.15) is 79.8 Å². The van der Waals surface area contributed by atoms with Crippen LogP contribution >= 0.6 is 0 Å². The largest absolute Gasteiger partial charge is 0.492 e.